The van der Waals surface area contributed by atoms with Gasteiger partial charge in [-0.2, -0.15) is 18.3 Å². The van der Waals surface area contributed by atoms with Gasteiger partial charge in [0.1, 0.15) is 0 Å². The third kappa shape index (κ3) is 4.12. The summed E-state index contributed by atoms with van der Waals surface area (Å²) in [5.74, 6) is -0.546. The molecule has 1 aromatic carbocycles. The van der Waals surface area contributed by atoms with E-state index in [1.807, 2.05) is 0 Å². The number of piperidine rings is 1. The van der Waals surface area contributed by atoms with E-state index in [0.29, 0.717) is 43.8 Å². The minimum atomic E-state index is -4.76. The van der Waals surface area contributed by atoms with Crippen molar-refractivity contribution in [2.45, 2.75) is 25.3 Å². The molecular weight excluding hydrogens is 411 g/mol. The van der Waals surface area contributed by atoms with Gasteiger partial charge in [-0.1, -0.05) is 17.7 Å². The summed E-state index contributed by atoms with van der Waals surface area (Å²) in [7, 11) is 0. The van der Waals surface area contributed by atoms with E-state index in [0.717, 1.165) is 6.20 Å². The molecule has 3 heterocycles. The van der Waals surface area contributed by atoms with Gasteiger partial charge in [-0.05, 0) is 31.0 Å². The van der Waals surface area contributed by atoms with Crippen LogP contribution in [0, 0.1) is 5.92 Å². The van der Waals surface area contributed by atoms with Gasteiger partial charge >= 0.3 is 6.18 Å². The number of benzene rings is 1. The number of carbonyl (C=O) groups is 1. The van der Waals surface area contributed by atoms with E-state index in [1.165, 1.54) is 23.1 Å². The highest BCUT2D eigenvalue weighted by Gasteiger charge is 2.42. The highest BCUT2D eigenvalue weighted by molar-refractivity contribution is 6.30. The quantitative estimate of drug-likeness (QED) is 0.745. The van der Waals surface area contributed by atoms with Crippen molar-refractivity contribution in [2.24, 2.45) is 5.92 Å². The smallest absolute Gasteiger partial charge is 0.350 e. The van der Waals surface area contributed by atoms with Gasteiger partial charge in [0.25, 0.3) is 5.91 Å². The monoisotopic (exact) mass is 429 g/mol. The molecule has 0 aliphatic carbocycles. The maximum atomic E-state index is 13.8. The normalized spacial score (nSPS) is 19.1. The van der Waals surface area contributed by atoms with Crippen molar-refractivity contribution in [1.82, 2.24) is 14.7 Å². The molecule has 4 rings (SSSR count). The van der Waals surface area contributed by atoms with Crippen molar-refractivity contribution in [3.05, 3.63) is 46.7 Å². The molecule has 0 atom stereocenters. The second-order valence-electron chi connectivity index (χ2n) is 7.04. The summed E-state index contributed by atoms with van der Waals surface area (Å²) in [6, 6.07) is 5.90. The number of hydrogen-bond acceptors (Lipinski definition) is 4. The van der Waals surface area contributed by atoms with Crippen LogP contribution in [-0.2, 0) is 15.7 Å². The van der Waals surface area contributed by atoms with E-state index in [9.17, 15) is 18.0 Å². The van der Waals surface area contributed by atoms with E-state index in [1.54, 1.807) is 6.07 Å². The van der Waals surface area contributed by atoms with E-state index >= 15 is 0 Å². The van der Waals surface area contributed by atoms with Crippen LogP contribution in [-0.4, -0.2) is 53.2 Å². The van der Waals surface area contributed by atoms with Gasteiger partial charge < -0.3 is 14.4 Å². The van der Waals surface area contributed by atoms with Crippen molar-refractivity contribution < 1.29 is 27.4 Å². The van der Waals surface area contributed by atoms with Crippen LogP contribution in [0.4, 0.5) is 13.2 Å². The number of carbonyl (C=O) groups excluding carboxylic acids is 1. The molecule has 2 fully saturated rings. The highest BCUT2D eigenvalue weighted by atomic mass is 35.5. The van der Waals surface area contributed by atoms with E-state index < -0.39 is 23.3 Å². The molecule has 2 saturated heterocycles. The predicted octanol–water partition coefficient (Wildman–Crippen LogP) is 3.77. The first kappa shape index (κ1) is 20.2. The molecule has 0 unspecified atom stereocenters. The Kier molecular flexibility index (Phi) is 5.54. The van der Waals surface area contributed by atoms with E-state index in [-0.39, 0.29) is 22.9 Å². The first-order chi connectivity index (χ1) is 13.8. The number of halogens is 4. The first-order valence-electron chi connectivity index (χ1n) is 9.28. The highest BCUT2D eigenvalue weighted by Crippen LogP contribution is 2.35. The molecule has 10 heteroatoms. The molecule has 2 aliphatic heterocycles. The predicted molar refractivity (Wildman–Crippen MR) is 97.9 cm³/mol. The van der Waals surface area contributed by atoms with Gasteiger partial charge in [-0.25, -0.2) is 4.68 Å². The fourth-order valence-corrected chi connectivity index (χ4v) is 3.96. The SMILES string of the molecule is O=C(c1cnn(-c2cccc(Cl)c2)c1C(F)(F)F)N1CCC(C2OCCO2)CC1. The third-order valence-electron chi connectivity index (χ3n) is 5.18. The zero-order valence-electron chi connectivity index (χ0n) is 15.4. The maximum absolute atomic E-state index is 13.8. The molecule has 0 bridgehead atoms. The molecule has 1 aromatic heterocycles. The Bertz CT molecular complexity index is 888. The number of aromatic nitrogens is 2. The second-order valence-corrected chi connectivity index (χ2v) is 7.47. The third-order valence-corrected chi connectivity index (χ3v) is 5.42. The number of ether oxygens (including phenoxy) is 2. The van der Waals surface area contributed by atoms with E-state index in [2.05, 4.69) is 5.10 Å². The molecule has 0 N–H and O–H groups in total. The van der Waals surface area contributed by atoms with Crippen LogP contribution in [0.25, 0.3) is 5.69 Å². The van der Waals surface area contributed by atoms with Gasteiger partial charge in [0.15, 0.2) is 12.0 Å². The number of rotatable bonds is 3. The van der Waals surface area contributed by atoms with Gasteiger partial charge in [0, 0.05) is 24.0 Å². The standard InChI is InChI=1S/C19H19ClF3N3O3/c20-13-2-1-3-14(10-13)26-16(19(21,22)23)15(11-24-26)17(27)25-6-4-12(5-7-25)18-28-8-9-29-18/h1-3,10-12,18H,4-9H2. The lowest BCUT2D eigenvalue weighted by Gasteiger charge is -2.33. The Labute approximate surface area is 170 Å². The Morgan fingerprint density at radius 3 is 2.48 bits per heavy atom. The second kappa shape index (κ2) is 7.97. The fourth-order valence-electron chi connectivity index (χ4n) is 3.78. The summed E-state index contributed by atoms with van der Waals surface area (Å²) in [6.07, 6.45) is -2.85. The number of nitrogens with zero attached hydrogens (tertiary/aromatic N) is 3. The summed E-state index contributed by atoms with van der Waals surface area (Å²) in [6.45, 7) is 1.77. The van der Waals surface area contributed by atoms with Gasteiger partial charge in [-0.15, -0.1) is 0 Å². The molecule has 0 radical (unpaired) electrons. The molecule has 29 heavy (non-hydrogen) atoms. The van der Waals surface area contributed by atoms with E-state index in [4.69, 9.17) is 21.1 Å². The molecular formula is C19H19ClF3N3O3. The van der Waals surface area contributed by atoms with Crippen molar-refractivity contribution >= 4 is 17.5 Å². The minimum absolute atomic E-state index is 0.137. The Morgan fingerprint density at radius 2 is 1.86 bits per heavy atom. The minimum Gasteiger partial charge on any atom is -0.350 e. The molecule has 0 saturated carbocycles. The summed E-state index contributed by atoms with van der Waals surface area (Å²) in [4.78, 5) is 14.3. The van der Waals surface area contributed by atoms with Crippen LogP contribution in [0.3, 0.4) is 0 Å². The van der Waals surface area contributed by atoms with Crippen molar-refractivity contribution in [1.29, 1.82) is 0 Å². The zero-order chi connectivity index (χ0) is 20.6. The largest absolute Gasteiger partial charge is 0.434 e. The van der Waals surface area contributed by atoms with Gasteiger partial charge in [0.05, 0.1) is 30.7 Å². The summed E-state index contributed by atoms with van der Waals surface area (Å²) >= 11 is 5.90. The summed E-state index contributed by atoms with van der Waals surface area (Å²) in [5.41, 5.74) is -1.43. The van der Waals surface area contributed by atoms with Crippen LogP contribution < -0.4 is 0 Å². The van der Waals surface area contributed by atoms with Gasteiger partial charge in [-0.3, -0.25) is 4.79 Å². The lowest BCUT2D eigenvalue weighted by Crippen LogP contribution is -2.42. The van der Waals surface area contributed by atoms with Crippen LogP contribution >= 0.6 is 11.6 Å². The lowest BCUT2D eigenvalue weighted by molar-refractivity contribution is -0.143. The lowest BCUT2D eigenvalue weighted by atomic mass is 9.95. The van der Waals surface area contributed by atoms with Crippen LogP contribution in [0.1, 0.15) is 28.9 Å². The Morgan fingerprint density at radius 1 is 1.17 bits per heavy atom. The molecule has 6 nitrogen and oxygen atoms in total. The molecule has 0 spiro atoms. The Hall–Kier alpha value is -2.10. The van der Waals surface area contributed by atoms with Gasteiger partial charge in [0.2, 0.25) is 0 Å². The zero-order valence-corrected chi connectivity index (χ0v) is 16.1. The first-order valence-corrected chi connectivity index (χ1v) is 9.66. The number of amides is 1. The molecule has 2 aliphatic rings. The maximum Gasteiger partial charge on any atom is 0.434 e. The topological polar surface area (TPSA) is 56.6 Å². The summed E-state index contributed by atoms with van der Waals surface area (Å²) in [5, 5.41) is 4.11. The number of hydrogen-bond donors (Lipinski definition) is 0. The van der Waals surface area contributed by atoms with Crippen molar-refractivity contribution in [3.8, 4) is 5.69 Å². The molecule has 1 amide bonds. The van der Waals surface area contributed by atoms with Crippen molar-refractivity contribution in [2.75, 3.05) is 26.3 Å². The molecule has 156 valence electrons. The number of likely N-dealkylation sites (tertiary alicyclic amines) is 1. The van der Waals surface area contributed by atoms with Crippen LogP contribution in [0.2, 0.25) is 5.02 Å². The average molecular weight is 430 g/mol. The molecule has 2 aromatic rings. The van der Waals surface area contributed by atoms with Crippen LogP contribution in [0.15, 0.2) is 30.5 Å². The average Bonchev–Trinajstić information content (AvgIpc) is 3.37. The fraction of sp³-hybridized carbons (Fsp3) is 0.474. The Balaban J connectivity index is 1.57. The number of alkyl halides is 3. The van der Waals surface area contributed by atoms with Crippen molar-refractivity contribution in [3.63, 3.8) is 0 Å². The summed E-state index contributed by atoms with van der Waals surface area (Å²) < 4.78 is 53.2. The van der Waals surface area contributed by atoms with Crippen LogP contribution in [0.5, 0.6) is 0 Å².